The normalized spacial score (nSPS) is 13.9. The Morgan fingerprint density at radius 1 is 1.24 bits per heavy atom. The highest BCUT2D eigenvalue weighted by molar-refractivity contribution is 8.03. The minimum absolute atomic E-state index is 0.0577. The highest BCUT2D eigenvalue weighted by Crippen LogP contribution is 2.46. The minimum Gasteiger partial charge on any atom is -0.461 e. The Morgan fingerprint density at radius 3 is 2.70 bits per heavy atom. The highest BCUT2D eigenvalue weighted by Gasteiger charge is 2.29. The van der Waals surface area contributed by atoms with E-state index in [0.717, 1.165) is 10.6 Å². The fourth-order valence-corrected chi connectivity index (χ4v) is 5.05. The number of Topliss-reactive ketones (excluding diaryl/α,β-unsaturated/α-hetero) is 1. The van der Waals surface area contributed by atoms with Crippen LogP contribution in [-0.4, -0.2) is 41.6 Å². The number of nitriles is 1. The number of furan rings is 1. The minimum atomic E-state index is -0.728. The Hall–Kier alpha value is -3.55. The van der Waals surface area contributed by atoms with E-state index < -0.39 is 18.4 Å². The van der Waals surface area contributed by atoms with Crippen molar-refractivity contribution in [3.8, 4) is 17.7 Å². The van der Waals surface area contributed by atoms with Gasteiger partial charge in [0.15, 0.2) is 18.2 Å². The highest BCUT2D eigenvalue weighted by atomic mass is 32.2. The topological polar surface area (TPSA) is 109 Å². The van der Waals surface area contributed by atoms with E-state index in [9.17, 15) is 14.9 Å². The maximum absolute atomic E-state index is 12.8. The standard InChI is InChI=1S/C23H18N4O4S2/c1-13-19(21(32-3)26-20(25-13)17-8-6-10-30-17)23(29)31-12-16(28)14(11-24)22-27(2)15-7-4-5-9-18(15)33-22/h4-10H,12H2,1-3H3/b22-14-. The molecule has 3 aromatic rings. The fourth-order valence-electron chi connectivity index (χ4n) is 3.27. The Morgan fingerprint density at radius 2 is 2.03 bits per heavy atom. The van der Waals surface area contributed by atoms with Crippen molar-refractivity contribution >= 4 is 41.0 Å². The smallest absolute Gasteiger partial charge is 0.343 e. The summed E-state index contributed by atoms with van der Waals surface area (Å²) in [5.74, 6) is -0.474. The SMILES string of the molecule is CSc1nc(-c2ccco2)nc(C)c1C(=O)OCC(=O)/C(C#N)=C1\Sc2ccccc2N1C. The summed E-state index contributed by atoms with van der Waals surface area (Å²) in [5.41, 5.74) is 1.43. The molecular weight excluding hydrogens is 460 g/mol. The molecule has 0 amide bonds. The number of hydrogen-bond acceptors (Lipinski definition) is 10. The van der Waals surface area contributed by atoms with E-state index >= 15 is 0 Å². The number of hydrogen-bond donors (Lipinski definition) is 0. The van der Waals surface area contributed by atoms with Gasteiger partial charge in [0.05, 0.1) is 17.6 Å². The number of rotatable bonds is 6. The number of benzene rings is 1. The lowest BCUT2D eigenvalue weighted by atomic mass is 10.2. The number of aryl methyl sites for hydroxylation is 1. The molecule has 4 rings (SSSR count). The molecule has 0 saturated carbocycles. The molecule has 1 aliphatic heterocycles. The van der Waals surface area contributed by atoms with Crippen LogP contribution in [0.1, 0.15) is 16.1 Å². The zero-order chi connectivity index (χ0) is 23.5. The molecule has 1 aromatic carbocycles. The molecule has 10 heteroatoms. The summed E-state index contributed by atoms with van der Waals surface area (Å²) in [6.45, 7) is 1.10. The Bertz CT molecular complexity index is 1310. The molecule has 0 saturated heterocycles. The van der Waals surface area contributed by atoms with Crippen molar-refractivity contribution < 1.29 is 18.7 Å². The van der Waals surface area contributed by atoms with Gasteiger partial charge in [-0.15, -0.1) is 11.8 Å². The second kappa shape index (κ2) is 9.52. The third-order valence-corrected chi connectivity index (χ3v) is 6.79. The molecule has 0 radical (unpaired) electrons. The molecule has 0 bridgehead atoms. The fraction of sp³-hybridized carbons (Fsp3) is 0.174. The molecule has 3 heterocycles. The Balaban J connectivity index is 1.53. The van der Waals surface area contributed by atoms with Gasteiger partial charge in [-0.1, -0.05) is 23.9 Å². The summed E-state index contributed by atoms with van der Waals surface area (Å²) in [5, 5.41) is 10.6. The molecule has 0 aliphatic carbocycles. The molecular formula is C23H18N4O4S2. The summed E-state index contributed by atoms with van der Waals surface area (Å²) in [6.07, 6.45) is 3.29. The van der Waals surface area contributed by atoms with Gasteiger partial charge >= 0.3 is 5.97 Å². The number of carbonyl (C=O) groups is 2. The van der Waals surface area contributed by atoms with Gasteiger partial charge in [0, 0.05) is 11.9 Å². The first-order valence-corrected chi connectivity index (χ1v) is 11.8. The van der Waals surface area contributed by atoms with Crippen molar-refractivity contribution in [3.05, 3.63) is 64.5 Å². The molecule has 8 nitrogen and oxygen atoms in total. The predicted molar refractivity (Wildman–Crippen MR) is 125 cm³/mol. The maximum Gasteiger partial charge on any atom is 0.343 e. The van der Waals surface area contributed by atoms with E-state index in [1.807, 2.05) is 30.3 Å². The van der Waals surface area contributed by atoms with Crippen LogP contribution in [-0.2, 0) is 9.53 Å². The van der Waals surface area contributed by atoms with Crippen molar-refractivity contribution in [1.29, 1.82) is 5.26 Å². The molecule has 0 fully saturated rings. The third-order valence-electron chi connectivity index (χ3n) is 4.87. The quantitative estimate of drug-likeness (QED) is 0.165. The van der Waals surface area contributed by atoms with Crippen molar-refractivity contribution in [2.75, 3.05) is 24.8 Å². The molecule has 0 N–H and O–H groups in total. The molecule has 166 valence electrons. The maximum atomic E-state index is 12.8. The lowest BCUT2D eigenvalue weighted by Gasteiger charge is -2.15. The number of para-hydroxylation sites is 1. The number of carbonyl (C=O) groups excluding carboxylic acids is 2. The Kier molecular flexibility index (Phi) is 6.53. The van der Waals surface area contributed by atoms with Crippen LogP contribution in [0.15, 0.2) is 67.6 Å². The molecule has 2 aromatic heterocycles. The summed E-state index contributed by atoms with van der Waals surface area (Å²) < 4.78 is 10.6. The predicted octanol–water partition coefficient (Wildman–Crippen LogP) is 4.47. The van der Waals surface area contributed by atoms with Gasteiger partial charge in [0.2, 0.25) is 5.78 Å². The second-order valence-corrected chi connectivity index (χ2v) is 8.74. The molecule has 0 unspecified atom stereocenters. The van der Waals surface area contributed by atoms with Crippen LogP contribution in [0, 0.1) is 18.3 Å². The lowest BCUT2D eigenvalue weighted by molar-refractivity contribution is -0.118. The van der Waals surface area contributed by atoms with Gasteiger partial charge in [-0.2, -0.15) is 5.26 Å². The number of anilines is 1. The summed E-state index contributed by atoms with van der Waals surface area (Å²) >= 11 is 2.59. The average molecular weight is 479 g/mol. The van der Waals surface area contributed by atoms with Crippen molar-refractivity contribution in [1.82, 2.24) is 9.97 Å². The van der Waals surface area contributed by atoms with Crippen LogP contribution < -0.4 is 4.90 Å². The van der Waals surface area contributed by atoms with Crippen LogP contribution in [0.4, 0.5) is 5.69 Å². The lowest BCUT2D eigenvalue weighted by Crippen LogP contribution is -2.21. The number of aromatic nitrogens is 2. The monoisotopic (exact) mass is 478 g/mol. The van der Waals surface area contributed by atoms with Crippen molar-refractivity contribution in [2.24, 2.45) is 0 Å². The van der Waals surface area contributed by atoms with Gasteiger partial charge in [-0.25, -0.2) is 14.8 Å². The summed E-state index contributed by atoms with van der Waals surface area (Å²) in [6, 6.07) is 13.0. The average Bonchev–Trinajstić information content (AvgIpc) is 3.47. The first-order chi connectivity index (χ1) is 15.9. The Labute approximate surface area is 198 Å². The van der Waals surface area contributed by atoms with Gasteiger partial charge in [-0.05, 0) is 37.4 Å². The summed E-state index contributed by atoms with van der Waals surface area (Å²) in [4.78, 5) is 37.1. The number of esters is 1. The van der Waals surface area contributed by atoms with E-state index in [0.29, 0.717) is 27.3 Å². The molecule has 1 aliphatic rings. The van der Waals surface area contributed by atoms with E-state index in [4.69, 9.17) is 9.15 Å². The van der Waals surface area contributed by atoms with Gasteiger partial charge in [0.25, 0.3) is 0 Å². The van der Waals surface area contributed by atoms with Crippen LogP contribution in [0.5, 0.6) is 0 Å². The number of ether oxygens (including phenoxy) is 1. The first kappa shape index (κ1) is 22.6. The van der Waals surface area contributed by atoms with E-state index in [1.54, 1.807) is 37.3 Å². The van der Waals surface area contributed by atoms with Gasteiger partial charge in [-0.3, -0.25) is 4.79 Å². The largest absolute Gasteiger partial charge is 0.461 e. The summed E-state index contributed by atoms with van der Waals surface area (Å²) in [7, 11) is 1.79. The van der Waals surface area contributed by atoms with E-state index in [2.05, 4.69) is 9.97 Å². The zero-order valence-electron chi connectivity index (χ0n) is 18.0. The number of nitrogens with zero attached hydrogens (tertiary/aromatic N) is 4. The van der Waals surface area contributed by atoms with E-state index in [1.165, 1.54) is 29.8 Å². The first-order valence-electron chi connectivity index (χ1n) is 9.76. The third kappa shape index (κ3) is 4.37. The van der Waals surface area contributed by atoms with Crippen LogP contribution in [0.25, 0.3) is 11.6 Å². The molecule has 33 heavy (non-hydrogen) atoms. The van der Waals surface area contributed by atoms with Gasteiger partial charge in [0.1, 0.15) is 27.3 Å². The molecule has 0 spiro atoms. The zero-order valence-corrected chi connectivity index (χ0v) is 19.6. The van der Waals surface area contributed by atoms with E-state index in [-0.39, 0.29) is 11.1 Å². The number of fused-ring (bicyclic) bond motifs is 1. The molecule has 0 atom stereocenters. The van der Waals surface area contributed by atoms with Crippen LogP contribution >= 0.6 is 23.5 Å². The number of thioether (sulfide) groups is 2. The van der Waals surface area contributed by atoms with Crippen LogP contribution in [0.2, 0.25) is 0 Å². The van der Waals surface area contributed by atoms with Crippen molar-refractivity contribution in [3.63, 3.8) is 0 Å². The van der Waals surface area contributed by atoms with Crippen molar-refractivity contribution in [2.45, 2.75) is 16.8 Å². The second-order valence-electron chi connectivity index (χ2n) is 6.91. The number of ketones is 1. The van der Waals surface area contributed by atoms with Gasteiger partial charge < -0.3 is 14.1 Å². The van der Waals surface area contributed by atoms with Crippen LogP contribution in [0.3, 0.4) is 0 Å².